The van der Waals surface area contributed by atoms with E-state index in [0.717, 1.165) is 0 Å². The molecule has 1 aromatic carbocycles. The molecule has 0 aliphatic rings. The van der Waals surface area contributed by atoms with E-state index in [1.54, 1.807) is 20.9 Å². The van der Waals surface area contributed by atoms with Crippen molar-refractivity contribution in [2.24, 2.45) is 5.92 Å². The van der Waals surface area contributed by atoms with Gasteiger partial charge in [0.1, 0.15) is 5.82 Å². The quantitative estimate of drug-likeness (QED) is 0.898. The van der Waals surface area contributed by atoms with Crippen molar-refractivity contribution >= 4 is 23.2 Å². The number of carbonyl (C=O) groups is 2. The monoisotopic (exact) mass is 252 g/mol. The zero-order chi connectivity index (χ0) is 13.9. The number of hydrogen-bond acceptors (Lipinski definition) is 2. The van der Waals surface area contributed by atoms with Crippen LogP contribution in [0.1, 0.15) is 20.8 Å². The summed E-state index contributed by atoms with van der Waals surface area (Å²) in [4.78, 5) is 24.3. The molecule has 0 aliphatic carbocycles. The number of benzene rings is 1. The number of rotatable bonds is 3. The van der Waals surface area contributed by atoms with Crippen LogP contribution in [-0.2, 0) is 9.59 Å². The van der Waals surface area contributed by atoms with E-state index in [1.165, 1.54) is 30.0 Å². The fraction of sp³-hybridized carbons (Fsp3) is 0.385. The van der Waals surface area contributed by atoms with Crippen LogP contribution in [0.15, 0.2) is 18.2 Å². The number of anilines is 2. The van der Waals surface area contributed by atoms with E-state index in [2.05, 4.69) is 5.32 Å². The van der Waals surface area contributed by atoms with Crippen LogP contribution in [0.4, 0.5) is 15.8 Å². The molecule has 1 N–H and O–H groups in total. The summed E-state index contributed by atoms with van der Waals surface area (Å²) in [5.74, 6) is -1.10. The van der Waals surface area contributed by atoms with Crippen molar-refractivity contribution in [3.63, 3.8) is 0 Å². The zero-order valence-electron chi connectivity index (χ0n) is 11.0. The lowest BCUT2D eigenvalue weighted by Crippen LogP contribution is -2.26. The van der Waals surface area contributed by atoms with Crippen LogP contribution in [0.5, 0.6) is 0 Å². The van der Waals surface area contributed by atoms with Crippen molar-refractivity contribution in [3.05, 3.63) is 24.0 Å². The van der Waals surface area contributed by atoms with Gasteiger partial charge in [0, 0.05) is 19.9 Å². The first-order valence-corrected chi connectivity index (χ1v) is 5.67. The Morgan fingerprint density at radius 2 is 1.94 bits per heavy atom. The standard InChI is InChI=1S/C13H17FN2O2/c1-8(2)13(18)15-11-7-10(14)5-6-12(11)16(4)9(3)17/h5-8H,1-4H3,(H,15,18). The fourth-order valence-electron chi connectivity index (χ4n) is 1.35. The Bertz CT molecular complexity index is 472. The third-order valence-electron chi connectivity index (χ3n) is 2.57. The highest BCUT2D eigenvalue weighted by Gasteiger charge is 2.15. The summed E-state index contributed by atoms with van der Waals surface area (Å²) in [6.45, 7) is 4.88. The van der Waals surface area contributed by atoms with Crippen LogP contribution in [0.25, 0.3) is 0 Å². The molecule has 0 saturated heterocycles. The molecule has 0 saturated carbocycles. The topological polar surface area (TPSA) is 49.4 Å². The first-order chi connectivity index (χ1) is 8.32. The Morgan fingerprint density at radius 1 is 1.33 bits per heavy atom. The Kier molecular flexibility index (Phi) is 4.42. The molecule has 0 heterocycles. The van der Waals surface area contributed by atoms with Gasteiger partial charge in [-0.05, 0) is 18.2 Å². The van der Waals surface area contributed by atoms with Crippen molar-refractivity contribution in [2.75, 3.05) is 17.3 Å². The molecule has 5 heteroatoms. The van der Waals surface area contributed by atoms with Gasteiger partial charge in [-0.1, -0.05) is 13.8 Å². The second-order valence-electron chi connectivity index (χ2n) is 4.38. The molecule has 1 aromatic rings. The van der Waals surface area contributed by atoms with E-state index >= 15 is 0 Å². The highest BCUT2D eigenvalue weighted by atomic mass is 19.1. The predicted octanol–water partition coefficient (Wildman–Crippen LogP) is 2.40. The summed E-state index contributed by atoms with van der Waals surface area (Å²) in [7, 11) is 1.57. The van der Waals surface area contributed by atoms with E-state index in [-0.39, 0.29) is 17.7 Å². The van der Waals surface area contributed by atoms with Gasteiger partial charge in [-0.15, -0.1) is 0 Å². The molecule has 98 valence electrons. The maximum atomic E-state index is 13.2. The average Bonchev–Trinajstić information content (AvgIpc) is 2.28. The molecule has 0 bridgehead atoms. The van der Waals surface area contributed by atoms with Crippen LogP contribution in [0.3, 0.4) is 0 Å². The molecule has 2 amide bonds. The summed E-state index contributed by atoms with van der Waals surface area (Å²) >= 11 is 0. The Labute approximate surface area is 106 Å². The van der Waals surface area contributed by atoms with E-state index < -0.39 is 5.82 Å². The molecule has 0 atom stereocenters. The third kappa shape index (κ3) is 3.29. The fourth-order valence-corrected chi connectivity index (χ4v) is 1.35. The van der Waals surface area contributed by atoms with Gasteiger partial charge in [0.25, 0.3) is 0 Å². The Morgan fingerprint density at radius 3 is 2.44 bits per heavy atom. The molecule has 18 heavy (non-hydrogen) atoms. The first-order valence-electron chi connectivity index (χ1n) is 5.67. The van der Waals surface area contributed by atoms with Crippen LogP contribution in [-0.4, -0.2) is 18.9 Å². The zero-order valence-corrected chi connectivity index (χ0v) is 11.0. The highest BCUT2D eigenvalue weighted by Crippen LogP contribution is 2.26. The smallest absolute Gasteiger partial charge is 0.226 e. The van der Waals surface area contributed by atoms with E-state index in [4.69, 9.17) is 0 Å². The van der Waals surface area contributed by atoms with Gasteiger partial charge in [0.2, 0.25) is 11.8 Å². The third-order valence-corrected chi connectivity index (χ3v) is 2.57. The number of nitrogens with one attached hydrogen (secondary N) is 1. The van der Waals surface area contributed by atoms with E-state index in [9.17, 15) is 14.0 Å². The van der Waals surface area contributed by atoms with Gasteiger partial charge in [-0.25, -0.2) is 4.39 Å². The molecule has 0 aromatic heterocycles. The van der Waals surface area contributed by atoms with Crippen molar-refractivity contribution in [1.82, 2.24) is 0 Å². The maximum absolute atomic E-state index is 13.2. The summed E-state index contributed by atoms with van der Waals surface area (Å²) in [5.41, 5.74) is 0.768. The van der Waals surface area contributed by atoms with Crippen LogP contribution in [0, 0.1) is 11.7 Å². The summed E-state index contributed by atoms with van der Waals surface area (Å²) in [6, 6.07) is 3.92. The lowest BCUT2D eigenvalue weighted by Gasteiger charge is -2.20. The SMILES string of the molecule is CC(=O)N(C)c1ccc(F)cc1NC(=O)C(C)C. The minimum Gasteiger partial charge on any atom is -0.324 e. The lowest BCUT2D eigenvalue weighted by atomic mass is 10.2. The number of nitrogens with zero attached hydrogens (tertiary/aromatic N) is 1. The van der Waals surface area contributed by atoms with Gasteiger partial charge in [0.05, 0.1) is 11.4 Å². The summed E-state index contributed by atoms with van der Waals surface area (Å²) in [5, 5.41) is 2.61. The molecule has 4 nitrogen and oxygen atoms in total. The number of amides is 2. The van der Waals surface area contributed by atoms with E-state index in [1.807, 2.05) is 0 Å². The largest absolute Gasteiger partial charge is 0.324 e. The van der Waals surface area contributed by atoms with Crippen molar-refractivity contribution in [1.29, 1.82) is 0 Å². The number of hydrogen-bond donors (Lipinski definition) is 1. The summed E-state index contributed by atoms with van der Waals surface area (Å²) < 4.78 is 13.2. The molecule has 1 rings (SSSR count). The Hall–Kier alpha value is -1.91. The molecule has 0 unspecified atom stereocenters. The lowest BCUT2D eigenvalue weighted by molar-refractivity contribution is -0.119. The molecule has 0 radical (unpaired) electrons. The van der Waals surface area contributed by atoms with Gasteiger partial charge in [0.15, 0.2) is 0 Å². The maximum Gasteiger partial charge on any atom is 0.226 e. The van der Waals surface area contributed by atoms with Crippen LogP contribution >= 0.6 is 0 Å². The summed E-state index contributed by atoms with van der Waals surface area (Å²) in [6.07, 6.45) is 0. The van der Waals surface area contributed by atoms with Crippen LogP contribution < -0.4 is 10.2 Å². The van der Waals surface area contributed by atoms with Crippen LogP contribution in [0.2, 0.25) is 0 Å². The first kappa shape index (κ1) is 14.2. The normalized spacial score (nSPS) is 10.3. The molecular formula is C13H17FN2O2. The van der Waals surface area contributed by atoms with Crippen molar-refractivity contribution in [2.45, 2.75) is 20.8 Å². The molecule has 0 aliphatic heterocycles. The van der Waals surface area contributed by atoms with E-state index in [0.29, 0.717) is 11.4 Å². The second-order valence-corrected chi connectivity index (χ2v) is 4.38. The van der Waals surface area contributed by atoms with Crippen molar-refractivity contribution in [3.8, 4) is 0 Å². The molecular weight excluding hydrogens is 235 g/mol. The second kappa shape index (κ2) is 5.62. The van der Waals surface area contributed by atoms with Crippen molar-refractivity contribution < 1.29 is 14.0 Å². The van der Waals surface area contributed by atoms with Gasteiger partial charge in [-0.2, -0.15) is 0 Å². The Balaban J connectivity index is 3.11. The minimum atomic E-state index is -0.463. The number of carbonyl (C=O) groups excluding carboxylic acids is 2. The van der Waals surface area contributed by atoms with Gasteiger partial charge in [-0.3, -0.25) is 9.59 Å². The molecule has 0 fully saturated rings. The minimum absolute atomic E-state index is 0.193. The van der Waals surface area contributed by atoms with Gasteiger partial charge < -0.3 is 10.2 Å². The molecule has 0 spiro atoms. The van der Waals surface area contributed by atoms with Gasteiger partial charge >= 0.3 is 0 Å². The predicted molar refractivity (Wildman–Crippen MR) is 69.0 cm³/mol. The average molecular weight is 252 g/mol. The highest BCUT2D eigenvalue weighted by molar-refractivity contribution is 6.00. The number of halogens is 1.